The van der Waals surface area contributed by atoms with Crippen molar-refractivity contribution in [3.8, 4) is 0 Å². The minimum absolute atomic E-state index is 0.00197. The zero-order valence-corrected chi connectivity index (χ0v) is 15.9. The molecule has 22 heavy (non-hydrogen) atoms. The fourth-order valence-electron chi connectivity index (χ4n) is 3.90. The summed E-state index contributed by atoms with van der Waals surface area (Å²) in [7, 11) is -1.82. The zero-order valence-electron chi connectivity index (χ0n) is 14.9. The number of ketones is 1. The average Bonchev–Trinajstić information content (AvgIpc) is 2.92. The highest BCUT2D eigenvalue weighted by molar-refractivity contribution is 6.74. The molecule has 4 nitrogen and oxygen atoms in total. The zero-order chi connectivity index (χ0) is 16.5. The highest BCUT2D eigenvalue weighted by Crippen LogP contribution is 2.54. The molecule has 0 radical (unpaired) electrons. The summed E-state index contributed by atoms with van der Waals surface area (Å²) in [5.74, 6) is 0.0739. The van der Waals surface area contributed by atoms with Crippen molar-refractivity contribution in [2.45, 2.75) is 77.2 Å². The number of hydrogen-bond donors (Lipinski definition) is 0. The Kier molecular flexibility index (Phi) is 3.69. The fraction of sp³-hybridized carbons (Fsp3) is 0.941. The number of rotatable bonds is 3. The smallest absolute Gasteiger partial charge is 0.192 e. The quantitative estimate of drug-likeness (QED) is 0.746. The van der Waals surface area contributed by atoms with E-state index in [4.69, 9.17) is 13.9 Å². The second-order valence-corrected chi connectivity index (χ2v) is 14.0. The lowest BCUT2D eigenvalue weighted by Crippen LogP contribution is -2.46. The molecule has 0 aromatic carbocycles. The lowest BCUT2D eigenvalue weighted by atomic mass is 9.84. The Balaban J connectivity index is 1.69. The SMILES string of the molecule is CC1(C)O[C@@H]2[C@@H]3C[C@@H](C(=O)[C@@H]3CO[Si](C)(C)C(C)(C)C)[C@@H]2O1. The van der Waals surface area contributed by atoms with Gasteiger partial charge in [-0.2, -0.15) is 0 Å². The first-order valence-corrected chi connectivity index (χ1v) is 11.4. The molecule has 1 aliphatic heterocycles. The molecule has 2 aliphatic carbocycles. The van der Waals surface area contributed by atoms with E-state index >= 15 is 0 Å². The van der Waals surface area contributed by atoms with E-state index in [1.807, 2.05) is 13.8 Å². The van der Waals surface area contributed by atoms with Crippen LogP contribution in [0.4, 0.5) is 0 Å². The van der Waals surface area contributed by atoms with Crippen molar-refractivity contribution in [3.63, 3.8) is 0 Å². The summed E-state index contributed by atoms with van der Waals surface area (Å²) in [6.45, 7) is 15.6. The van der Waals surface area contributed by atoms with Crippen LogP contribution >= 0.6 is 0 Å². The summed E-state index contributed by atoms with van der Waals surface area (Å²) in [5.41, 5.74) is 0. The van der Waals surface area contributed by atoms with Gasteiger partial charge in [0.2, 0.25) is 0 Å². The van der Waals surface area contributed by atoms with Crippen LogP contribution in [0.2, 0.25) is 18.1 Å². The van der Waals surface area contributed by atoms with Crippen LogP contribution in [-0.4, -0.2) is 38.7 Å². The highest BCUT2D eigenvalue weighted by atomic mass is 28.4. The molecule has 5 heteroatoms. The third kappa shape index (κ3) is 2.50. The van der Waals surface area contributed by atoms with Gasteiger partial charge in [0.25, 0.3) is 0 Å². The predicted octanol–water partition coefficient (Wildman–Crippen LogP) is 3.36. The molecule has 0 unspecified atom stereocenters. The minimum atomic E-state index is -1.82. The Morgan fingerprint density at radius 3 is 2.41 bits per heavy atom. The highest BCUT2D eigenvalue weighted by Gasteiger charge is 2.64. The number of ether oxygens (including phenoxy) is 2. The standard InChI is InChI=1S/C17H30O4Si/c1-16(2,3)22(6,7)19-9-12-10-8-11(13(12)18)15-14(10)20-17(4,5)21-15/h10-12,14-15H,8-9H2,1-7H3/t10-,11+,12-,14-,15+/m1/s1. The van der Waals surface area contributed by atoms with Crippen molar-refractivity contribution in [3.05, 3.63) is 0 Å². The molecular weight excluding hydrogens is 296 g/mol. The van der Waals surface area contributed by atoms with E-state index in [-0.39, 0.29) is 35.0 Å². The summed E-state index contributed by atoms with van der Waals surface area (Å²) in [6, 6.07) is 0. The number of carbonyl (C=O) groups excluding carboxylic acids is 1. The van der Waals surface area contributed by atoms with Crippen LogP contribution in [0.5, 0.6) is 0 Å². The number of fused-ring (bicyclic) bond motifs is 5. The molecule has 0 aromatic rings. The normalized spacial score (nSPS) is 40.3. The largest absolute Gasteiger partial charge is 0.416 e. The molecule has 3 aliphatic rings. The van der Waals surface area contributed by atoms with Gasteiger partial charge in [-0.1, -0.05) is 20.8 Å². The number of hydrogen-bond acceptors (Lipinski definition) is 4. The van der Waals surface area contributed by atoms with Gasteiger partial charge in [0, 0.05) is 24.4 Å². The van der Waals surface area contributed by atoms with Gasteiger partial charge in [-0.25, -0.2) is 0 Å². The molecule has 2 bridgehead atoms. The van der Waals surface area contributed by atoms with Crippen LogP contribution < -0.4 is 0 Å². The molecule has 3 fully saturated rings. The Bertz CT molecular complexity index is 480. The third-order valence-electron chi connectivity index (χ3n) is 6.19. The van der Waals surface area contributed by atoms with Gasteiger partial charge in [0.1, 0.15) is 5.78 Å². The molecule has 1 heterocycles. The Labute approximate surface area is 135 Å². The summed E-state index contributed by atoms with van der Waals surface area (Å²) in [4.78, 5) is 12.7. The maximum Gasteiger partial charge on any atom is 0.192 e. The molecule has 5 atom stereocenters. The van der Waals surface area contributed by atoms with Gasteiger partial charge in [0.15, 0.2) is 14.1 Å². The van der Waals surface area contributed by atoms with E-state index in [0.29, 0.717) is 12.4 Å². The minimum Gasteiger partial charge on any atom is -0.416 e. The first-order chi connectivity index (χ1) is 9.93. The molecule has 0 aromatic heterocycles. The Morgan fingerprint density at radius 1 is 1.23 bits per heavy atom. The lowest BCUT2D eigenvalue weighted by Gasteiger charge is -2.38. The van der Waals surface area contributed by atoms with E-state index in [2.05, 4.69) is 33.9 Å². The topological polar surface area (TPSA) is 44.8 Å². The van der Waals surface area contributed by atoms with E-state index < -0.39 is 14.1 Å². The van der Waals surface area contributed by atoms with Gasteiger partial charge < -0.3 is 13.9 Å². The molecule has 3 rings (SSSR count). The monoisotopic (exact) mass is 326 g/mol. The first kappa shape index (κ1) is 16.6. The van der Waals surface area contributed by atoms with Crippen molar-refractivity contribution < 1.29 is 18.7 Å². The molecular formula is C17H30O4Si. The fourth-order valence-corrected chi connectivity index (χ4v) is 4.93. The molecule has 2 saturated carbocycles. The van der Waals surface area contributed by atoms with Crippen LogP contribution in [0, 0.1) is 17.8 Å². The van der Waals surface area contributed by atoms with E-state index in [1.165, 1.54) is 0 Å². The molecule has 1 saturated heterocycles. The van der Waals surface area contributed by atoms with Crippen LogP contribution in [-0.2, 0) is 18.7 Å². The van der Waals surface area contributed by atoms with E-state index in [9.17, 15) is 4.79 Å². The van der Waals surface area contributed by atoms with E-state index in [1.54, 1.807) is 0 Å². The number of carbonyl (C=O) groups is 1. The Morgan fingerprint density at radius 2 is 1.82 bits per heavy atom. The predicted molar refractivity (Wildman–Crippen MR) is 87.1 cm³/mol. The Hall–Kier alpha value is -0.233. The van der Waals surface area contributed by atoms with Gasteiger partial charge in [-0.15, -0.1) is 0 Å². The summed E-state index contributed by atoms with van der Waals surface area (Å²) in [6.07, 6.45) is 0.956. The second kappa shape index (κ2) is 4.88. The molecule has 0 N–H and O–H groups in total. The summed E-state index contributed by atoms with van der Waals surface area (Å²) in [5, 5.41) is 0.172. The van der Waals surface area contributed by atoms with Crippen molar-refractivity contribution in [2.75, 3.05) is 6.61 Å². The van der Waals surface area contributed by atoms with Crippen LogP contribution in [0.1, 0.15) is 41.0 Å². The van der Waals surface area contributed by atoms with Gasteiger partial charge in [0.05, 0.1) is 12.2 Å². The summed E-state index contributed by atoms with van der Waals surface area (Å²) < 4.78 is 18.3. The van der Waals surface area contributed by atoms with Gasteiger partial charge in [-0.05, 0) is 38.4 Å². The third-order valence-corrected chi connectivity index (χ3v) is 10.7. The van der Waals surface area contributed by atoms with E-state index in [0.717, 1.165) is 6.42 Å². The van der Waals surface area contributed by atoms with Crippen LogP contribution in [0.25, 0.3) is 0 Å². The van der Waals surface area contributed by atoms with Crippen molar-refractivity contribution in [1.29, 1.82) is 0 Å². The molecule has 0 amide bonds. The van der Waals surface area contributed by atoms with Gasteiger partial charge >= 0.3 is 0 Å². The van der Waals surface area contributed by atoms with Crippen LogP contribution in [0.15, 0.2) is 0 Å². The van der Waals surface area contributed by atoms with Crippen molar-refractivity contribution in [2.24, 2.45) is 17.8 Å². The van der Waals surface area contributed by atoms with Crippen LogP contribution in [0.3, 0.4) is 0 Å². The average molecular weight is 327 g/mol. The maximum atomic E-state index is 12.7. The van der Waals surface area contributed by atoms with Crippen molar-refractivity contribution in [1.82, 2.24) is 0 Å². The van der Waals surface area contributed by atoms with Crippen molar-refractivity contribution >= 4 is 14.1 Å². The molecule has 126 valence electrons. The summed E-state index contributed by atoms with van der Waals surface area (Å²) >= 11 is 0. The first-order valence-electron chi connectivity index (χ1n) is 8.46. The number of Topliss-reactive ketones (excluding diaryl/α,β-unsaturated/α-hetero) is 1. The molecule has 0 spiro atoms. The van der Waals surface area contributed by atoms with Gasteiger partial charge in [-0.3, -0.25) is 4.79 Å². The second-order valence-electron chi connectivity index (χ2n) is 9.15. The maximum absolute atomic E-state index is 12.7. The lowest BCUT2D eigenvalue weighted by molar-refractivity contribution is -0.158.